The molecule has 1 unspecified atom stereocenters. The van der Waals surface area contributed by atoms with Crippen LogP contribution in [0.15, 0.2) is 78.2 Å². The number of hydrogen-bond donors (Lipinski definition) is 1. The summed E-state index contributed by atoms with van der Waals surface area (Å²) < 4.78 is 16.3. The van der Waals surface area contributed by atoms with Crippen LogP contribution in [-0.2, 0) is 11.2 Å². The molecule has 1 heterocycles. The Kier molecular flexibility index (Phi) is 6.02. The van der Waals surface area contributed by atoms with E-state index in [9.17, 15) is 10.1 Å². The van der Waals surface area contributed by atoms with Gasteiger partial charge in [0.05, 0.1) is 19.4 Å². The average molecular weight is 447 g/mol. The van der Waals surface area contributed by atoms with Crippen LogP contribution in [0.3, 0.4) is 0 Å². The minimum absolute atomic E-state index is 0.00619. The van der Waals surface area contributed by atoms with Crippen LogP contribution in [-0.4, -0.2) is 13.1 Å². The summed E-state index contributed by atoms with van der Waals surface area (Å²) in [4.78, 5) is 12.4. The molecule has 160 valence electrons. The molecule has 4 rings (SSSR count). The van der Waals surface area contributed by atoms with Gasteiger partial charge < -0.3 is 19.9 Å². The van der Waals surface area contributed by atoms with E-state index in [2.05, 4.69) is 6.07 Å². The van der Waals surface area contributed by atoms with Crippen molar-refractivity contribution in [2.45, 2.75) is 12.3 Å². The first-order chi connectivity index (χ1) is 15.5. The van der Waals surface area contributed by atoms with Crippen LogP contribution in [0, 0.1) is 11.3 Å². The maximum atomic E-state index is 12.4. The lowest BCUT2D eigenvalue weighted by atomic mass is 9.83. The molecule has 0 spiro atoms. The molecule has 0 amide bonds. The number of nitriles is 1. The quantitative estimate of drug-likeness (QED) is 0.450. The molecule has 32 heavy (non-hydrogen) atoms. The molecular formula is C25H19ClN2O4. The van der Waals surface area contributed by atoms with Gasteiger partial charge in [-0.25, -0.2) is 0 Å². The molecule has 1 aliphatic rings. The van der Waals surface area contributed by atoms with Crippen LogP contribution < -0.4 is 19.9 Å². The fourth-order valence-corrected chi connectivity index (χ4v) is 3.80. The number of nitrogens with two attached hydrogens (primary N) is 1. The summed E-state index contributed by atoms with van der Waals surface area (Å²) in [5.41, 5.74) is 8.67. The van der Waals surface area contributed by atoms with Crippen LogP contribution in [0.2, 0.25) is 5.02 Å². The Bertz CT molecular complexity index is 1250. The first-order valence-electron chi connectivity index (χ1n) is 9.79. The summed E-state index contributed by atoms with van der Waals surface area (Å²) in [6.07, 6.45) is 0.105. The van der Waals surface area contributed by atoms with Crippen LogP contribution in [0.1, 0.15) is 22.6 Å². The van der Waals surface area contributed by atoms with Crippen molar-refractivity contribution in [2.75, 3.05) is 7.11 Å². The van der Waals surface area contributed by atoms with Crippen LogP contribution in [0.25, 0.3) is 0 Å². The molecule has 6 nitrogen and oxygen atoms in total. The second-order valence-electron chi connectivity index (χ2n) is 7.18. The molecule has 3 aromatic rings. The first-order valence-corrected chi connectivity index (χ1v) is 10.2. The zero-order valence-electron chi connectivity index (χ0n) is 17.2. The van der Waals surface area contributed by atoms with Crippen LogP contribution in [0.4, 0.5) is 0 Å². The van der Waals surface area contributed by atoms with Crippen molar-refractivity contribution in [1.82, 2.24) is 0 Å². The van der Waals surface area contributed by atoms with Gasteiger partial charge in [-0.05, 0) is 41.5 Å². The van der Waals surface area contributed by atoms with Gasteiger partial charge in [0.25, 0.3) is 0 Å². The number of halogens is 1. The average Bonchev–Trinajstić information content (AvgIpc) is 2.78. The molecule has 0 radical (unpaired) electrons. The summed E-state index contributed by atoms with van der Waals surface area (Å²) in [6, 6.07) is 21.6. The van der Waals surface area contributed by atoms with Crippen molar-refractivity contribution >= 4 is 17.6 Å². The predicted molar refractivity (Wildman–Crippen MR) is 120 cm³/mol. The maximum absolute atomic E-state index is 12.4. The number of nitrogens with zero attached hydrogens (tertiary/aromatic N) is 1. The summed E-state index contributed by atoms with van der Waals surface area (Å²) in [7, 11) is 1.58. The van der Waals surface area contributed by atoms with Crippen molar-refractivity contribution in [2.24, 2.45) is 5.73 Å². The van der Waals surface area contributed by atoms with Gasteiger partial charge in [-0.2, -0.15) is 5.26 Å². The van der Waals surface area contributed by atoms with E-state index >= 15 is 0 Å². The lowest BCUT2D eigenvalue weighted by Crippen LogP contribution is -2.21. The lowest BCUT2D eigenvalue weighted by molar-refractivity contribution is -0.133. The second-order valence-corrected chi connectivity index (χ2v) is 7.61. The zero-order valence-corrected chi connectivity index (χ0v) is 17.9. The van der Waals surface area contributed by atoms with Crippen molar-refractivity contribution in [3.05, 3.63) is 99.9 Å². The van der Waals surface area contributed by atoms with E-state index in [1.165, 1.54) is 0 Å². The van der Waals surface area contributed by atoms with Gasteiger partial charge in [0, 0.05) is 16.7 Å². The molecule has 0 bridgehead atoms. The van der Waals surface area contributed by atoms with Crippen LogP contribution in [0.5, 0.6) is 17.2 Å². The number of allylic oxidation sites excluding steroid dienone is 1. The molecule has 0 aliphatic carbocycles. The number of esters is 1. The largest absolute Gasteiger partial charge is 0.497 e. The predicted octanol–water partition coefficient (Wildman–Crippen LogP) is 4.71. The van der Waals surface area contributed by atoms with E-state index < -0.39 is 11.9 Å². The van der Waals surface area contributed by atoms with Gasteiger partial charge in [-0.1, -0.05) is 41.9 Å². The summed E-state index contributed by atoms with van der Waals surface area (Å²) >= 11 is 6.16. The standard InChI is InChI=1S/C25H19ClN2O4/c1-30-18-7-5-15(6-8-18)11-23(29)31-19-9-10-20-22(13-19)32-25(28)21(14-27)24(20)16-3-2-4-17(26)12-16/h2-10,12-13,24H,11,28H2,1H3. The van der Waals surface area contributed by atoms with Crippen LogP contribution >= 0.6 is 11.6 Å². The Morgan fingerprint density at radius 2 is 1.88 bits per heavy atom. The van der Waals surface area contributed by atoms with Gasteiger partial charge in [0.2, 0.25) is 5.88 Å². The van der Waals surface area contributed by atoms with Gasteiger partial charge in [-0.3, -0.25) is 4.79 Å². The van der Waals surface area contributed by atoms with Gasteiger partial charge in [0.1, 0.15) is 28.9 Å². The number of hydrogen-bond acceptors (Lipinski definition) is 6. The van der Waals surface area contributed by atoms with Gasteiger partial charge >= 0.3 is 5.97 Å². The molecule has 0 fully saturated rings. The minimum Gasteiger partial charge on any atom is -0.497 e. The number of fused-ring (bicyclic) bond motifs is 1. The van der Waals surface area contributed by atoms with Crippen molar-refractivity contribution < 1.29 is 19.0 Å². The van der Waals surface area contributed by atoms with E-state index in [1.54, 1.807) is 61.7 Å². The molecule has 1 atom stereocenters. The van der Waals surface area contributed by atoms with Crippen molar-refractivity contribution in [1.29, 1.82) is 5.26 Å². The summed E-state index contributed by atoms with van der Waals surface area (Å²) in [5, 5.41) is 10.2. The fraction of sp³-hybridized carbons (Fsp3) is 0.120. The highest BCUT2D eigenvalue weighted by Gasteiger charge is 2.31. The Labute approximate surface area is 190 Å². The highest BCUT2D eigenvalue weighted by molar-refractivity contribution is 6.30. The van der Waals surface area contributed by atoms with E-state index in [0.717, 1.165) is 16.7 Å². The third kappa shape index (κ3) is 4.39. The Balaban J connectivity index is 1.58. The normalized spacial score (nSPS) is 14.7. The summed E-state index contributed by atoms with van der Waals surface area (Å²) in [5.74, 6) is 0.601. The third-order valence-corrected chi connectivity index (χ3v) is 5.35. The van der Waals surface area contributed by atoms with Crippen molar-refractivity contribution in [3.63, 3.8) is 0 Å². The Morgan fingerprint density at radius 3 is 2.56 bits per heavy atom. The molecule has 3 aromatic carbocycles. The highest BCUT2D eigenvalue weighted by Crippen LogP contribution is 2.43. The smallest absolute Gasteiger partial charge is 0.315 e. The maximum Gasteiger partial charge on any atom is 0.315 e. The lowest BCUT2D eigenvalue weighted by Gasteiger charge is -2.26. The second kappa shape index (κ2) is 9.04. The topological polar surface area (TPSA) is 94.6 Å². The third-order valence-electron chi connectivity index (χ3n) is 5.11. The molecule has 7 heteroatoms. The molecule has 0 saturated heterocycles. The van der Waals surface area contributed by atoms with E-state index in [4.69, 9.17) is 31.5 Å². The molecule has 0 saturated carbocycles. The molecule has 0 aromatic heterocycles. The van der Waals surface area contributed by atoms with Gasteiger partial charge in [0.15, 0.2) is 0 Å². The summed E-state index contributed by atoms with van der Waals surface area (Å²) in [6.45, 7) is 0. The number of methoxy groups -OCH3 is 1. The minimum atomic E-state index is -0.438. The number of carbonyl (C=O) groups is 1. The molecular weight excluding hydrogens is 428 g/mol. The molecule has 1 aliphatic heterocycles. The van der Waals surface area contributed by atoms with Crippen molar-refractivity contribution in [3.8, 4) is 23.3 Å². The van der Waals surface area contributed by atoms with E-state index in [0.29, 0.717) is 27.8 Å². The number of rotatable bonds is 5. The first kappa shape index (κ1) is 21.3. The number of ether oxygens (including phenoxy) is 3. The monoisotopic (exact) mass is 446 g/mol. The SMILES string of the molecule is COc1ccc(CC(=O)Oc2ccc3c(c2)OC(N)=C(C#N)C3c2cccc(Cl)c2)cc1. The van der Waals surface area contributed by atoms with Gasteiger partial charge in [-0.15, -0.1) is 0 Å². The zero-order chi connectivity index (χ0) is 22.7. The molecule has 2 N–H and O–H groups in total. The highest BCUT2D eigenvalue weighted by atomic mass is 35.5. The fourth-order valence-electron chi connectivity index (χ4n) is 3.61. The Morgan fingerprint density at radius 1 is 1.12 bits per heavy atom. The number of carbonyl (C=O) groups excluding carboxylic acids is 1. The Hall–Kier alpha value is -3.95. The van der Waals surface area contributed by atoms with E-state index in [-0.39, 0.29) is 12.3 Å². The van der Waals surface area contributed by atoms with E-state index in [1.807, 2.05) is 12.1 Å². The number of benzene rings is 3.